The van der Waals surface area contributed by atoms with E-state index in [2.05, 4.69) is 6.92 Å². The summed E-state index contributed by atoms with van der Waals surface area (Å²) < 4.78 is 5.31. The van der Waals surface area contributed by atoms with Crippen molar-refractivity contribution in [3.8, 4) is 0 Å². The lowest BCUT2D eigenvalue weighted by atomic mass is 10.1. The van der Waals surface area contributed by atoms with Crippen molar-refractivity contribution in [1.82, 2.24) is 9.80 Å². The zero-order valence-corrected chi connectivity index (χ0v) is 12.6. The Hall–Kier alpha value is -0.950. The number of hydrogen-bond donors (Lipinski definition) is 1. The Bertz CT molecular complexity index is 366. The van der Waals surface area contributed by atoms with Crippen LogP contribution in [0.2, 0.25) is 0 Å². The molecule has 0 saturated carbocycles. The number of carboxylic acid groups (broad SMARTS) is 1. The highest BCUT2D eigenvalue weighted by molar-refractivity contribution is 8.00. The fraction of sp³-hybridized carbons (Fsp3) is 0.846. The molecule has 7 heteroatoms. The Morgan fingerprint density at radius 3 is 2.90 bits per heavy atom. The van der Waals surface area contributed by atoms with Crippen LogP contribution in [0.5, 0.6) is 0 Å². The third-order valence-electron chi connectivity index (χ3n) is 3.75. The van der Waals surface area contributed by atoms with Crippen LogP contribution in [0.25, 0.3) is 0 Å². The maximum atomic E-state index is 12.6. The zero-order valence-electron chi connectivity index (χ0n) is 11.8. The Morgan fingerprint density at radius 2 is 2.20 bits per heavy atom. The number of ether oxygens (including phenoxy) is 1. The molecule has 0 aromatic heterocycles. The number of carboxylic acids is 1. The van der Waals surface area contributed by atoms with Crippen LogP contribution in [0, 0.1) is 0 Å². The molecule has 2 fully saturated rings. The van der Waals surface area contributed by atoms with E-state index >= 15 is 0 Å². The summed E-state index contributed by atoms with van der Waals surface area (Å²) >= 11 is 1.91. The Kier molecular flexibility index (Phi) is 5.54. The highest BCUT2D eigenvalue weighted by Gasteiger charge is 2.33. The van der Waals surface area contributed by atoms with Gasteiger partial charge in [0.25, 0.3) is 0 Å². The molecule has 2 rings (SSSR count). The van der Waals surface area contributed by atoms with E-state index in [9.17, 15) is 9.59 Å². The molecule has 2 aliphatic heterocycles. The second-order valence-corrected chi connectivity index (χ2v) is 6.56. The van der Waals surface area contributed by atoms with Crippen molar-refractivity contribution in [3.63, 3.8) is 0 Å². The number of aliphatic carboxylic acids is 1. The minimum atomic E-state index is -0.890. The second kappa shape index (κ2) is 7.17. The molecule has 0 aromatic rings. The number of hydrogen-bond acceptors (Lipinski definition) is 4. The lowest BCUT2D eigenvalue weighted by Gasteiger charge is -2.40. The zero-order chi connectivity index (χ0) is 14.5. The van der Waals surface area contributed by atoms with Crippen molar-refractivity contribution in [1.29, 1.82) is 0 Å². The SMILES string of the molecule is CCC1CN(C(=O)N2CCOCC2CC(=O)O)CCS1. The van der Waals surface area contributed by atoms with Gasteiger partial charge in [-0.05, 0) is 6.42 Å². The Balaban J connectivity index is 1.99. The first kappa shape index (κ1) is 15.4. The van der Waals surface area contributed by atoms with Crippen molar-refractivity contribution in [2.24, 2.45) is 0 Å². The van der Waals surface area contributed by atoms with E-state index in [0.29, 0.717) is 25.0 Å². The molecule has 20 heavy (non-hydrogen) atoms. The second-order valence-electron chi connectivity index (χ2n) is 5.15. The number of nitrogens with zero attached hydrogens (tertiary/aromatic N) is 2. The van der Waals surface area contributed by atoms with E-state index in [1.165, 1.54) is 0 Å². The van der Waals surface area contributed by atoms with Gasteiger partial charge in [0.1, 0.15) is 0 Å². The third-order valence-corrected chi connectivity index (χ3v) is 5.12. The van der Waals surface area contributed by atoms with Gasteiger partial charge in [0.05, 0.1) is 25.7 Å². The monoisotopic (exact) mass is 302 g/mol. The summed E-state index contributed by atoms with van der Waals surface area (Å²) in [5.74, 6) is 0.0667. The molecule has 2 amide bonds. The number of urea groups is 1. The number of morpholine rings is 1. The van der Waals surface area contributed by atoms with Crippen LogP contribution in [0.3, 0.4) is 0 Å². The smallest absolute Gasteiger partial charge is 0.320 e. The highest BCUT2D eigenvalue weighted by Crippen LogP contribution is 2.23. The normalized spacial score (nSPS) is 27.4. The summed E-state index contributed by atoms with van der Waals surface area (Å²) in [4.78, 5) is 27.0. The van der Waals surface area contributed by atoms with Gasteiger partial charge in [-0.15, -0.1) is 0 Å². The summed E-state index contributed by atoms with van der Waals surface area (Å²) in [6, 6.07) is -0.373. The van der Waals surface area contributed by atoms with Crippen LogP contribution in [0.1, 0.15) is 19.8 Å². The molecule has 0 aliphatic carbocycles. The number of carbonyl (C=O) groups is 2. The summed E-state index contributed by atoms with van der Waals surface area (Å²) in [5.41, 5.74) is 0. The van der Waals surface area contributed by atoms with Gasteiger partial charge in [-0.25, -0.2) is 4.79 Å². The van der Waals surface area contributed by atoms with Crippen molar-refractivity contribution in [2.45, 2.75) is 31.1 Å². The molecule has 0 aromatic carbocycles. The fourth-order valence-corrected chi connectivity index (χ4v) is 3.78. The van der Waals surface area contributed by atoms with Crippen LogP contribution < -0.4 is 0 Å². The average molecular weight is 302 g/mol. The van der Waals surface area contributed by atoms with Crippen molar-refractivity contribution >= 4 is 23.8 Å². The van der Waals surface area contributed by atoms with E-state index in [-0.39, 0.29) is 18.5 Å². The fourth-order valence-electron chi connectivity index (χ4n) is 2.60. The minimum absolute atomic E-state index is 0.0294. The van der Waals surface area contributed by atoms with Crippen LogP contribution in [-0.2, 0) is 9.53 Å². The number of carbonyl (C=O) groups excluding carboxylic acids is 1. The van der Waals surface area contributed by atoms with Gasteiger partial charge in [-0.2, -0.15) is 11.8 Å². The number of rotatable bonds is 3. The van der Waals surface area contributed by atoms with E-state index < -0.39 is 5.97 Å². The van der Waals surface area contributed by atoms with E-state index in [1.807, 2.05) is 16.7 Å². The van der Waals surface area contributed by atoms with Crippen molar-refractivity contribution in [3.05, 3.63) is 0 Å². The molecule has 0 radical (unpaired) electrons. The Morgan fingerprint density at radius 1 is 1.40 bits per heavy atom. The number of thioether (sulfide) groups is 1. The summed E-state index contributed by atoms with van der Waals surface area (Å²) in [6.07, 6.45) is 1.00. The van der Waals surface area contributed by atoms with E-state index in [0.717, 1.165) is 25.3 Å². The predicted octanol–water partition coefficient (Wildman–Crippen LogP) is 1.11. The molecule has 2 saturated heterocycles. The van der Waals surface area contributed by atoms with E-state index in [4.69, 9.17) is 9.84 Å². The van der Waals surface area contributed by atoms with Gasteiger partial charge in [-0.1, -0.05) is 6.92 Å². The first-order chi connectivity index (χ1) is 9.61. The van der Waals surface area contributed by atoms with Crippen molar-refractivity contribution < 1.29 is 19.4 Å². The minimum Gasteiger partial charge on any atom is -0.481 e. The quantitative estimate of drug-likeness (QED) is 0.845. The summed E-state index contributed by atoms with van der Waals surface area (Å²) in [7, 11) is 0. The molecule has 2 unspecified atom stereocenters. The molecule has 1 N–H and O–H groups in total. The molecule has 0 bridgehead atoms. The molecule has 114 valence electrons. The molecular weight excluding hydrogens is 280 g/mol. The first-order valence-electron chi connectivity index (χ1n) is 7.08. The summed E-state index contributed by atoms with van der Waals surface area (Å²) in [5, 5.41) is 9.44. The van der Waals surface area contributed by atoms with Crippen LogP contribution >= 0.6 is 11.8 Å². The highest BCUT2D eigenvalue weighted by atomic mass is 32.2. The van der Waals surface area contributed by atoms with Gasteiger partial charge in [0.2, 0.25) is 0 Å². The topological polar surface area (TPSA) is 70.1 Å². The molecule has 2 aliphatic rings. The molecule has 2 heterocycles. The maximum absolute atomic E-state index is 12.6. The largest absolute Gasteiger partial charge is 0.481 e. The standard InChI is InChI=1S/C13H22N2O4S/c1-2-11-8-14(4-6-20-11)13(18)15-3-5-19-9-10(15)7-12(16)17/h10-11H,2-9H2,1H3,(H,16,17). The van der Waals surface area contributed by atoms with Crippen molar-refractivity contribution in [2.75, 3.05) is 38.6 Å². The van der Waals surface area contributed by atoms with Crippen LogP contribution in [0.15, 0.2) is 0 Å². The number of amides is 2. The van der Waals surface area contributed by atoms with Gasteiger partial charge in [0.15, 0.2) is 0 Å². The molecule has 6 nitrogen and oxygen atoms in total. The van der Waals surface area contributed by atoms with Gasteiger partial charge < -0.3 is 19.6 Å². The average Bonchev–Trinajstić information content (AvgIpc) is 2.46. The van der Waals surface area contributed by atoms with Crippen LogP contribution in [0.4, 0.5) is 4.79 Å². The molecule has 2 atom stereocenters. The van der Waals surface area contributed by atoms with Gasteiger partial charge in [0, 0.05) is 30.6 Å². The molecular formula is C13H22N2O4S. The van der Waals surface area contributed by atoms with Gasteiger partial charge >= 0.3 is 12.0 Å². The van der Waals surface area contributed by atoms with Crippen LogP contribution in [-0.4, -0.2) is 76.8 Å². The lowest BCUT2D eigenvalue weighted by Crippen LogP contribution is -2.56. The molecule has 0 spiro atoms. The lowest BCUT2D eigenvalue weighted by molar-refractivity contribution is -0.139. The van der Waals surface area contributed by atoms with Gasteiger partial charge in [-0.3, -0.25) is 4.79 Å². The third kappa shape index (κ3) is 3.79. The summed E-state index contributed by atoms with van der Waals surface area (Å²) in [6.45, 7) is 4.93. The van der Waals surface area contributed by atoms with E-state index in [1.54, 1.807) is 4.90 Å². The predicted molar refractivity (Wildman–Crippen MR) is 77.1 cm³/mol. The first-order valence-corrected chi connectivity index (χ1v) is 8.13. The Labute approximate surface area is 123 Å². The maximum Gasteiger partial charge on any atom is 0.320 e.